The van der Waals surface area contributed by atoms with Crippen LogP contribution in [0.4, 0.5) is 4.39 Å². The maximum absolute atomic E-state index is 13.2. The molecule has 0 aromatic heterocycles. The van der Waals surface area contributed by atoms with Gasteiger partial charge in [0.2, 0.25) is 0 Å². The van der Waals surface area contributed by atoms with E-state index in [9.17, 15) is 9.18 Å². The fraction of sp³-hybridized carbons (Fsp3) is 0.364. The lowest BCUT2D eigenvalue weighted by atomic mass is 10.0. The first kappa shape index (κ1) is 10.7. The van der Waals surface area contributed by atoms with Crippen molar-refractivity contribution < 1.29 is 14.3 Å². The number of benzene rings is 1. The van der Waals surface area contributed by atoms with Crippen LogP contribution in [-0.2, 0) is 17.6 Å². The van der Waals surface area contributed by atoms with Crippen molar-refractivity contribution in [2.24, 2.45) is 0 Å². The van der Waals surface area contributed by atoms with Crippen LogP contribution in [0.3, 0.4) is 0 Å². The standard InChI is InChI=1S/C11H13FO2/c1-3-8-5-9(6-11(13)14)7(2)4-10(8)12/h4-5H,3,6H2,1-2H3,(H,13,14). The van der Waals surface area contributed by atoms with Gasteiger partial charge in [0.1, 0.15) is 5.82 Å². The molecule has 0 unspecified atom stereocenters. The lowest BCUT2D eigenvalue weighted by Gasteiger charge is -2.07. The van der Waals surface area contributed by atoms with Crippen molar-refractivity contribution in [3.63, 3.8) is 0 Å². The Morgan fingerprint density at radius 3 is 2.57 bits per heavy atom. The quantitative estimate of drug-likeness (QED) is 0.805. The fourth-order valence-electron chi connectivity index (χ4n) is 1.39. The number of carboxylic acids is 1. The van der Waals surface area contributed by atoms with Gasteiger partial charge in [0.25, 0.3) is 0 Å². The van der Waals surface area contributed by atoms with Crippen molar-refractivity contribution in [1.29, 1.82) is 0 Å². The first-order valence-corrected chi connectivity index (χ1v) is 4.54. The van der Waals surface area contributed by atoms with Crippen LogP contribution in [0.5, 0.6) is 0 Å². The summed E-state index contributed by atoms with van der Waals surface area (Å²) in [6, 6.07) is 3.04. The third-order valence-electron chi connectivity index (χ3n) is 2.23. The van der Waals surface area contributed by atoms with E-state index in [0.29, 0.717) is 23.1 Å². The number of aliphatic carboxylic acids is 1. The normalized spacial score (nSPS) is 10.2. The van der Waals surface area contributed by atoms with E-state index in [1.54, 1.807) is 13.0 Å². The van der Waals surface area contributed by atoms with Crippen LogP contribution < -0.4 is 0 Å². The van der Waals surface area contributed by atoms with E-state index in [4.69, 9.17) is 5.11 Å². The number of rotatable bonds is 3. The molecule has 0 atom stereocenters. The Morgan fingerprint density at radius 1 is 1.43 bits per heavy atom. The van der Waals surface area contributed by atoms with Crippen molar-refractivity contribution >= 4 is 5.97 Å². The molecule has 0 radical (unpaired) electrons. The van der Waals surface area contributed by atoms with Gasteiger partial charge < -0.3 is 5.11 Å². The maximum atomic E-state index is 13.2. The van der Waals surface area contributed by atoms with Gasteiger partial charge in [0, 0.05) is 0 Å². The lowest BCUT2D eigenvalue weighted by Crippen LogP contribution is -2.04. The summed E-state index contributed by atoms with van der Waals surface area (Å²) in [6.45, 7) is 3.57. The average molecular weight is 196 g/mol. The van der Waals surface area contributed by atoms with Crippen molar-refractivity contribution in [3.8, 4) is 0 Å². The van der Waals surface area contributed by atoms with Crippen LogP contribution in [0, 0.1) is 12.7 Å². The Morgan fingerprint density at radius 2 is 2.07 bits per heavy atom. The molecule has 76 valence electrons. The minimum Gasteiger partial charge on any atom is -0.481 e. The van der Waals surface area contributed by atoms with Crippen LogP contribution in [0.2, 0.25) is 0 Å². The van der Waals surface area contributed by atoms with Gasteiger partial charge in [-0.15, -0.1) is 0 Å². The number of halogens is 1. The smallest absolute Gasteiger partial charge is 0.307 e. The van der Waals surface area contributed by atoms with E-state index in [2.05, 4.69) is 0 Å². The number of carboxylic acid groups (broad SMARTS) is 1. The van der Waals surface area contributed by atoms with E-state index in [1.165, 1.54) is 6.07 Å². The summed E-state index contributed by atoms with van der Waals surface area (Å²) in [7, 11) is 0. The van der Waals surface area contributed by atoms with Crippen molar-refractivity contribution in [2.45, 2.75) is 26.7 Å². The van der Waals surface area contributed by atoms with Gasteiger partial charge in [-0.25, -0.2) is 4.39 Å². The largest absolute Gasteiger partial charge is 0.481 e. The third-order valence-corrected chi connectivity index (χ3v) is 2.23. The molecule has 0 aliphatic rings. The molecule has 0 saturated heterocycles. The molecule has 0 fully saturated rings. The monoisotopic (exact) mass is 196 g/mol. The molecule has 0 aliphatic heterocycles. The van der Waals surface area contributed by atoms with E-state index in [-0.39, 0.29) is 12.2 Å². The summed E-state index contributed by atoms with van der Waals surface area (Å²) >= 11 is 0. The van der Waals surface area contributed by atoms with Crippen LogP contribution in [0.15, 0.2) is 12.1 Å². The molecular weight excluding hydrogens is 183 g/mol. The van der Waals surface area contributed by atoms with E-state index in [0.717, 1.165) is 0 Å². The highest BCUT2D eigenvalue weighted by Crippen LogP contribution is 2.16. The minimum atomic E-state index is -0.887. The van der Waals surface area contributed by atoms with Crippen molar-refractivity contribution in [2.75, 3.05) is 0 Å². The second kappa shape index (κ2) is 4.22. The molecule has 2 nitrogen and oxygen atoms in total. The zero-order valence-corrected chi connectivity index (χ0v) is 8.30. The molecule has 0 spiro atoms. The van der Waals surface area contributed by atoms with Gasteiger partial charge in [-0.1, -0.05) is 13.0 Å². The highest BCUT2D eigenvalue weighted by Gasteiger charge is 2.08. The minimum absolute atomic E-state index is 0.0425. The first-order chi connectivity index (χ1) is 6.54. The Balaban J connectivity index is 3.10. The molecule has 0 heterocycles. The number of aryl methyl sites for hydroxylation is 2. The maximum Gasteiger partial charge on any atom is 0.307 e. The van der Waals surface area contributed by atoms with Gasteiger partial charge in [-0.3, -0.25) is 4.79 Å². The number of hydrogen-bond acceptors (Lipinski definition) is 1. The van der Waals surface area contributed by atoms with Crippen LogP contribution in [0.1, 0.15) is 23.6 Å². The first-order valence-electron chi connectivity index (χ1n) is 4.54. The predicted molar refractivity (Wildman–Crippen MR) is 51.9 cm³/mol. The third kappa shape index (κ3) is 2.31. The van der Waals surface area contributed by atoms with Gasteiger partial charge in [0.05, 0.1) is 6.42 Å². The second-order valence-corrected chi connectivity index (χ2v) is 3.29. The molecule has 0 aliphatic carbocycles. The molecular formula is C11H13FO2. The molecule has 0 saturated carbocycles. The van der Waals surface area contributed by atoms with Crippen molar-refractivity contribution in [1.82, 2.24) is 0 Å². The van der Waals surface area contributed by atoms with E-state index >= 15 is 0 Å². The zero-order chi connectivity index (χ0) is 10.7. The molecule has 14 heavy (non-hydrogen) atoms. The van der Waals surface area contributed by atoms with Crippen molar-refractivity contribution in [3.05, 3.63) is 34.6 Å². The molecule has 1 aromatic rings. The summed E-state index contributed by atoms with van der Waals surface area (Å²) < 4.78 is 13.2. The summed E-state index contributed by atoms with van der Waals surface area (Å²) in [5.41, 5.74) is 1.96. The van der Waals surface area contributed by atoms with Gasteiger partial charge >= 0.3 is 5.97 Å². The molecule has 1 aromatic carbocycles. The summed E-state index contributed by atoms with van der Waals surface area (Å²) in [4.78, 5) is 10.5. The highest BCUT2D eigenvalue weighted by molar-refractivity contribution is 5.70. The topological polar surface area (TPSA) is 37.3 Å². The Hall–Kier alpha value is -1.38. The number of hydrogen-bond donors (Lipinski definition) is 1. The SMILES string of the molecule is CCc1cc(CC(=O)O)c(C)cc1F. The second-order valence-electron chi connectivity index (χ2n) is 3.29. The molecule has 0 bridgehead atoms. The van der Waals surface area contributed by atoms with Crippen LogP contribution in [-0.4, -0.2) is 11.1 Å². The van der Waals surface area contributed by atoms with Crippen LogP contribution >= 0.6 is 0 Å². The van der Waals surface area contributed by atoms with Crippen LogP contribution in [0.25, 0.3) is 0 Å². The fourth-order valence-corrected chi connectivity index (χ4v) is 1.39. The van der Waals surface area contributed by atoms with Gasteiger partial charge in [-0.05, 0) is 36.1 Å². The lowest BCUT2D eigenvalue weighted by molar-refractivity contribution is -0.136. The Bertz CT molecular complexity index is 359. The van der Waals surface area contributed by atoms with E-state index in [1.807, 2.05) is 6.92 Å². The zero-order valence-electron chi connectivity index (χ0n) is 8.30. The molecule has 0 amide bonds. The highest BCUT2D eigenvalue weighted by atomic mass is 19.1. The molecule has 1 N–H and O–H groups in total. The summed E-state index contributed by atoms with van der Waals surface area (Å²) in [5.74, 6) is -1.14. The van der Waals surface area contributed by atoms with E-state index < -0.39 is 5.97 Å². The summed E-state index contributed by atoms with van der Waals surface area (Å²) in [5, 5.41) is 8.63. The predicted octanol–water partition coefficient (Wildman–Crippen LogP) is 2.32. The number of carbonyl (C=O) groups is 1. The van der Waals surface area contributed by atoms with Gasteiger partial charge in [-0.2, -0.15) is 0 Å². The summed E-state index contributed by atoms with van der Waals surface area (Å²) in [6.07, 6.45) is 0.540. The molecule has 3 heteroatoms. The van der Waals surface area contributed by atoms with Gasteiger partial charge in [0.15, 0.2) is 0 Å². The Labute approximate surface area is 82.4 Å². The Kier molecular flexibility index (Phi) is 3.23. The molecule has 1 rings (SSSR count). The average Bonchev–Trinajstić information content (AvgIpc) is 2.09.